The highest BCUT2D eigenvalue weighted by molar-refractivity contribution is 9.10. The van der Waals surface area contributed by atoms with Crippen molar-refractivity contribution in [2.45, 2.75) is 11.8 Å². The van der Waals surface area contributed by atoms with Gasteiger partial charge in [0.2, 0.25) is 4.80 Å². The van der Waals surface area contributed by atoms with Crippen molar-refractivity contribution in [1.29, 1.82) is 0 Å². The Bertz CT molecular complexity index is 1480. The molecule has 0 amide bonds. The van der Waals surface area contributed by atoms with Crippen LogP contribution in [0.4, 0.5) is 5.69 Å². The first kappa shape index (κ1) is 20.4. The second-order valence-corrected chi connectivity index (χ2v) is 9.79. The molecule has 0 radical (unpaired) electrons. The molecule has 3 heterocycles. The van der Waals surface area contributed by atoms with E-state index >= 15 is 0 Å². The maximum absolute atomic E-state index is 12.9. The smallest absolute Gasteiger partial charge is 0.285 e. The van der Waals surface area contributed by atoms with Crippen LogP contribution in [0.2, 0.25) is 0 Å². The number of nitrogens with zero attached hydrogens (tertiary/aromatic N) is 5. The molecule has 0 saturated carbocycles. The zero-order chi connectivity index (χ0) is 21.6. The first-order valence-electron chi connectivity index (χ1n) is 8.51. The molecule has 0 aliphatic heterocycles. The number of nitro benzene ring substituents is 1. The van der Waals surface area contributed by atoms with E-state index in [1.165, 1.54) is 12.1 Å². The summed E-state index contributed by atoms with van der Waals surface area (Å²) >= 11 is 4.60. The third-order valence-corrected chi connectivity index (χ3v) is 7.48. The second-order valence-electron chi connectivity index (χ2n) is 6.47. The van der Waals surface area contributed by atoms with Crippen molar-refractivity contribution in [2.75, 3.05) is 0 Å². The van der Waals surface area contributed by atoms with Crippen LogP contribution in [0.5, 0.6) is 0 Å². The molecule has 3 aromatic heterocycles. The number of halogens is 1. The van der Waals surface area contributed by atoms with Crippen molar-refractivity contribution in [3.8, 4) is 11.3 Å². The predicted molar refractivity (Wildman–Crippen MR) is 116 cm³/mol. The van der Waals surface area contributed by atoms with Crippen molar-refractivity contribution in [3.63, 3.8) is 0 Å². The van der Waals surface area contributed by atoms with Gasteiger partial charge in [0.1, 0.15) is 0 Å². The average Bonchev–Trinajstić information content (AvgIpc) is 3.24. The van der Waals surface area contributed by atoms with Crippen LogP contribution in [0.25, 0.3) is 16.8 Å². The summed E-state index contributed by atoms with van der Waals surface area (Å²) in [5.74, 6) is 0. The Hall–Kier alpha value is -2.83. The van der Waals surface area contributed by atoms with Gasteiger partial charge in [0, 0.05) is 40.8 Å². The molecule has 0 N–H and O–H groups in total. The molecular weight excluding hydrogens is 494 g/mol. The fraction of sp³-hybridized carbons (Fsp3) is 0.111. The van der Waals surface area contributed by atoms with Crippen molar-refractivity contribution in [1.82, 2.24) is 14.2 Å². The minimum absolute atomic E-state index is 0.188. The number of aryl methyl sites for hydroxylation is 1. The zero-order valence-corrected chi connectivity index (χ0v) is 18.9. The number of fused-ring (bicyclic) bond motifs is 1. The Morgan fingerprint density at radius 2 is 2.03 bits per heavy atom. The summed E-state index contributed by atoms with van der Waals surface area (Å²) in [6.07, 6.45) is 3.52. The number of benzene rings is 1. The number of hydrogen-bond acceptors (Lipinski definition) is 6. The quantitative estimate of drug-likeness (QED) is 0.309. The fourth-order valence-corrected chi connectivity index (χ4v) is 5.71. The summed E-state index contributed by atoms with van der Waals surface area (Å²) in [6.45, 7) is 1.57. The van der Waals surface area contributed by atoms with E-state index < -0.39 is 14.9 Å². The van der Waals surface area contributed by atoms with Crippen LogP contribution in [-0.2, 0) is 17.1 Å². The number of sulfonamides is 1. The number of nitro groups is 1. The number of pyridine rings is 1. The van der Waals surface area contributed by atoms with Crippen molar-refractivity contribution in [3.05, 3.63) is 73.1 Å². The molecule has 0 aliphatic carbocycles. The minimum Gasteiger partial charge on any atom is -0.319 e. The van der Waals surface area contributed by atoms with Crippen LogP contribution in [0.3, 0.4) is 0 Å². The summed E-state index contributed by atoms with van der Waals surface area (Å²) < 4.78 is 34.0. The number of rotatable bonds is 4. The SMILES string of the molecule is Cc1ccc([N+](=O)[O-])cc1S(=O)(=O)N=c1scc(-c2cnn3ccc(Br)cc23)n1C. The van der Waals surface area contributed by atoms with Gasteiger partial charge in [-0.05, 0) is 24.6 Å². The normalized spacial score (nSPS) is 12.6. The molecule has 1 aromatic carbocycles. The van der Waals surface area contributed by atoms with E-state index in [9.17, 15) is 18.5 Å². The maximum Gasteiger partial charge on any atom is 0.285 e. The average molecular weight is 508 g/mol. The number of aromatic nitrogens is 3. The minimum atomic E-state index is -4.15. The topological polar surface area (TPSA) is 112 Å². The molecular formula is C18H14BrN5O4S2. The summed E-state index contributed by atoms with van der Waals surface area (Å²) in [5, 5.41) is 17.2. The van der Waals surface area contributed by atoms with Crippen LogP contribution in [0.15, 0.2) is 61.9 Å². The summed E-state index contributed by atoms with van der Waals surface area (Å²) in [5.41, 5.74) is 2.50. The molecule has 0 spiro atoms. The number of hydrogen-bond donors (Lipinski definition) is 0. The molecule has 154 valence electrons. The van der Waals surface area contributed by atoms with Crippen molar-refractivity contribution < 1.29 is 13.3 Å². The maximum atomic E-state index is 12.9. The van der Waals surface area contributed by atoms with Gasteiger partial charge in [-0.15, -0.1) is 15.7 Å². The third-order valence-electron chi connectivity index (χ3n) is 4.54. The van der Waals surface area contributed by atoms with E-state index in [2.05, 4.69) is 25.4 Å². The Morgan fingerprint density at radius 1 is 1.27 bits per heavy atom. The standard InChI is InChI=1S/C18H14BrN5O4S2/c1-11-3-4-13(24(25)26)8-17(11)30(27,28)21-18-22(2)16(10-29-18)14-9-20-23-6-5-12(19)7-15(14)23/h3-10H,1-2H3. The lowest BCUT2D eigenvalue weighted by Gasteiger charge is -2.04. The monoisotopic (exact) mass is 507 g/mol. The highest BCUT2D eigenvalue weighted by Crippen LogP contribution is 2.27. The zero-order valence-electron chi connectivity index (χ0n) is 15.7. The van der Waals surface area contributed by atoms with Crippen LogP contribution >= 0.6 is 27.3 Å². The van der Waals surface area contributed by atoms with Crippen molar-refractivity contribution in [2.24, 2.45) is 11.4 Å². The molecule has 0 bridgehead atoms. The van der Waals surface area contributed by atoms with Gasteiger partial charge < -0.3 is 4.57 Å². The van der Waals surface area contributed by atoms with E-state index in [4.69, 9.17) is 0 Å². The highest BCUT2D eigenvalue weighted by atomic mass is 79.9. The molecule has 4 rings (SSSR count). The van der Waals surface area contributed by atoms with E-state index in [1.54, 1.807) is 34.6 Å². The molecule has 9 nitrogen and oxygen atoms in total. The Balaban J connectivity index is 1.85. The van der Waals surface area contributed by atoms with Gasteiger partial charge >= 0.3 is 0 Å². The molecule has 0 saturated heterocycles. The second kappa shape index (κ2) is 7.45. The van der Waals surface area contributed by atoms with E-state index in [0.717, 1.165) is 38.6 Å². The van der Waals surface area contributed by atoms with Gasteiger partial charge in [0.15, 0.2) is 0 Å². The third kappa shape index (κ3) is 3.57. The van der Waals surface area contributed by atoms with Crippen molar-refractivity contribution >= 4 is 48.5 Å². The number of thiazole rings is 1. The largest absolute Gasteiger partial charge is 0.319 e. The molecule has 0 aliphatic rings. The summed E-state index contributed by atoms with van der Waals surface area (Å²) in [6, 6.07) is 7.48. The van der Waals surface area contributed by atoms with Gasteiger partial charge in [0.25, 0.3) is 15.7 Å². The van der Waals surface area contributed by atoms with Gasteiger partial charge in [-0.25, -0.2) is 4.52 Å². The summed E-state index contributed by atoms with van der Waals surface area (Å²) in [4.78, 5) is 10.5. The highest BCUT2D eigenvalue weighted by Gasteiger charge is 2.21. The summed E-state index contributed by atoms with van der Waals surface area (Å²) in [7, 11) is -2.44. The fourth-order valence-electron chi connectivity index (χ4n) is 2.98. The lowest BCUT2D eigenvalue weighted by atomic mass is 10.2. The Kier molecular flexibility index (Phi) is 5.08. The first-order valence-corrected chi connectivity index (χ1v) is 11.6. The van der Waals surface area contributed by atoms with Crippen LogP contribution in [0, 0.1) is 17.0 Å². The molecule has 12 heteroatoms. The van der Waals surface area contributed by atoms with Gasteiger partial charge in [-0.2, -0.15) is 13.5 Å². The molecule has 4 aromatic rings. The lowest BCUT2D eigenvalue weighted by Crippen LogP contribution is -2.15. The van der Waals surface area contributed by atoms with Gasteiger partial charge in [0.05, 0.1) is 27.2 Å². The van der Waals surface area contributed by atoms with E-state index in [-0.39, 0.29) is 15.4 Å². The first-order chi connectivity index (χ1) is 14.2. The lowest BCUT2D eigenvalue weighted by molar-refractivity contribution is -0.385. The Morgan fingerprint density at radius 3 is 2.77 bits per heavy atom. The predicted octanol–water partition coefficient (Wildman–Crippen LogP) is 3.67. The molecule has 0 atom stereocenters. The number of non-ortho nitro benzene ring substituents is 1. The van der Waals surface area contributed by atoms with Crippen LogP contribution in [0.1, 0.15) is 5.56 Å². The van der Waals surface area contributed by atoms with Crippen LogP contribution in [-0.4, -0.2) is 27.5 Å². The molecule has 0 fully saturated rings. The molecule has 30 heavy (non-hydrogen) atoms. The van der Waals surface area contributed by atoms with Gasteiger partial charge in [-0.3, -0.25) is 10.1 Å². The van der Waals surface area contributed by atoms with E-state index in [0.29, 0.717) is 5.56 Å². The molecule has 0 unspecified atom stereocenters. The Labute approximate surface area is 183 Å². The van der Waals surface area contributed by atoms with E-state index in [1.807, 2.05) is 18.3 Å². The van der Waals surface area contributed by atoms with Gasteiger partial charge in [-0.1, -0.05) is 22.0 Å². The van der Waals surface area contributed by atoms with Crippen LogP contribution < -0.4 is 4.80 Å².